The monoisotopic (exact) mass is 418 g/mol. The number of rotatable bonds is 9. The third kappa shape index (κ3) is 5.93. The molecule has 0 saturated heterocycles. The summed E-state index contributed by atoms with van der Waals surface area (Å²) in [6.45, 7) is 5.06. The first-order chi connectivity index (χ1) is 15.3. The van der Waals surface area contributed by atoms with E-state index in [1.54, 1.807) is 5.56 Å². The average Bonchev–Trinajstić information content (AvgIpc) is 2.82. The highest BCUT2D eigenvalue weighted by atomic mass is 16.5. The van der Waals surface area contributed by atoms with E-state index in [1.807, 2.05) is 6.92 Å². The summed E-state index contributed by atoms with van der Waals surface area (Å²) in [4.78, 5) is 0. The van der Waals surface area contributed by atoms with Crippen molar-refractivity contribution in [3.05, 3.63) is 54.1 Å². The Morgan fingerprint density at radius 2 is 1.39 bits per heavy atom. The van der Waals surface area contributed by atoms with E-state index in [9.17, 15) is 0 Å². The van der Waals surface area contributed by atoms with Gasteiger partial charge >= 0.3 is 0 Å². The van der Waals surface area contributed by atoms with Crippen molar-refractivity contribution in [1.29, 1.82) is 0 Å². The van der Waals surface area contributed by atoms with Gasteiger partial charge in [0.25, 0.3) is 0 Å². The van der Waals surface area contributed by atoms with Crippen LogP contribution in [0.5, 0.6) is 5.75 Å². The fourth-order valence-electron chi connectivity index (χ4n) is 6.27. The maximum absolute atomic E-state index is 5.57. The van der Waals surface area contributed by atoms with Crippen LogP contribution in [0.2, 0.25) is 0 Å². The fraction of sp³-hybridized carbons (Fsp3) is 0.600. The molecule has 0 aromatic heterocycles. The van der Waals surface area contributed by atoms with Crippen LogP contribution in [-0.4, -0.2) is 6.61 Å². The first-order valence-corrected chi connectivity index (χ1v) is 13.1. The van der Waals surface area contributed by atoms with Gasteiger partial charge < -0.3 is 4.74 Å². The molecule has 0 spiro atoms. The first-order valence-electron chi connectivity index (χ1n) is 13.1. The fourth-order valence-corrected chi connectivity index (χ4v) is 6.27. The second-order valence-corrected chi connectivity index (χ2v) is 10.1. The van der Waals surface area contributed by atoms with Gasteiger partial charge in [0.05, 0.1) is 6.61 Å². The Bertz CT molecular complexity index is 775. The quantitative estimate of drug-likeness (QED) is 0.369. The minimum Gasteiger partial charge on any atom is -0.494 e. The van der Waals surface area contributed by atoms with Gasteiger partial charge in [-0.25, -0.2) is 0 Å². The number of benzene rings is 2. The summed E-state index contributed by atoms with van der Waals surface area (Å²) >= 11 is 0. The zero-order valence-electron chi connectivity index (χ0n) is 19.8. The van der Waals surface area contributed by atoms with Gasteiger partial charge in [0.2, 0.25) is 0 Å². The van der Waals surface area contributed by atoms with Gasteiger partial charge in [-0.05, 0) is 91.5 Å². The summed E-state index contributed by atoms with van der Waals surface area (Å²) in [5.74, 6) is 4.76. The smallest absolute Gasteiger partial charge is 0.119 e. The molecule has 0 heterocycles. The van der Waals surface area contributed by atoms with Gasteiger partial charge in [-0.3, -0.25) is 0 Å². The molecule has 0 N–H and O–H groups in total. The number of hydrogen-bond acceptors (Lipinski definition) is 1. The zero-order valence-corrected chi connectivity index (χ0v) is 19.8. The molecule has 2 aromatic rings. The molecule has 31 heavy (non-hydrogen) atoms. The van der Waals surface area contributed by atoms with E-state index >= 15 is 0 Å². The molecule has 4 unspecified atom stereocenters. The number of fused-ring (bicyclic) bond motifs is 1. The Kier molecular flexibility index (Phi) is 8.11. The van der Waals surface area contributed by atoms with E-state index in [0.29, 0.717) is 0 Å². The van der Waals surface area contributed by atoms with Crippen LogP contribution in [0.4, 0.5) is 0 Å². The van der Waals surface area contributed by atoms with E-state index in [0.717, 1.165) is 36.0 Å². The predicted molar refractivity (Wildman–Crippen MR) is 133 cm³/mol. The minimum atomic E-state index is 0.719. The summed E-state index contributed by atoms with van der Waals surface area (Å²) < 4.78 is 5.57. The molecule has 2 saturated carbocycles. The molecule has 0 amide bonds. The molecular weight excluding hydrogens is 376 g/mol. The summed E-state index contributed by atoms with van der Waals surface area (Å²) in [5.41, 5.74) is 4.15. The second kappa shape index (κ2) is 11.2. The molecule has 1 nitrogen and oxygen atoms in total. The Labute approximate surface area is 190 Å². The Hall–Kier alpha value is -1.76. The highest BCUT2D eigenvalue weighted by molar-refractivity contribution is 5.64. The largest absolute Gasteiger partial charge is 0.494 e. The maximum Gasteiger partial charge on any atom is 0.119 e. The number of ether oxygens (including phenoxy) is 1. The lowest BCUT2D eigenvalue weighted by Gasteiger charge is -2.42. The molecule has 2 fully saturated rings. The number of unbranched alkanes of at least 4 members (excludes halogenated alkanes) is 3. The first kappa shape index (κ1) is 22.4. The van der Waals surface area contributed by atoms with Crippen molar-refractivity contribution in [3.63, 3.8) is 0 Å². The Balaban J connectivity index is 1.30. The lowest BCUT2D eigenvalue weighted by Crippen LogP contribution is -2.30. The molecule has 4 rings (SSSR count). The Morgan fingerprint density at radius 1 is 0.710 bits per heavy atom. The molecule has 0 aliphatic heterocycles. The minimum absolute atomic E-state index is 0.719. The highest BCUT2D eigenvalue weighted by Crippen LogP contribution is 2.48. The van der Waals surface area contributed by atoms with Crippen LogP contribution in [0.3, 0.4) is 0 Å². The third-order valence-electron chi connectivity index (χ3n) is 8.07. The Morgan fingerprint density at radius 3 is 2.10 bits per heavy atom. The normalized spacial score (nSPS) is 25.7. The summed E-state index contributed by atoms with van der Waals surface area (Å²) in [7, 11) is 0. The third-order valence-corrected chi connectivity index (χ3v) is 8.07. The van der Waals surface area contributed by atoms with Gasteiger partial charge in [-0.2, -0.15) is 0 Å². The molecular formula is C30H42O. The zero-order chi connectivity index (χ0) is 21.5. The molecule has 0 bridgehead atoms. The topological polar surface area (TPSA) is 9.23 Å². The van der Waals surface area contributed by atoms with E-state index in [2.05, 4.69) is 55.5 Å². The van der Waals surface area contributed by atoms with Crippen molar-refractivity contribution in [2.45, 2.75) is 90.4 Å². The lowest BCUT2D eigenvalue weighted by molar-refractivity contribution is 0.113. The summed E-state index contributed by atoms with van der Waals surface area (Å²) in [6, 6.07) is 17.9. The standard InChI is InChI=1S/C30H42O/c1-3-5-6-7-8-23-9-10-29-22-28(16-15-27(29)21-23)26-13-11-24(12-14-26)25-17-19-30(20-18-25)31-4-2/h11-14,17-20,23,27-29H,3-10,15-16,21-22H2,1-2H3. The van der Waals surface area contributed by atoms with Crippen molar-refractivity contribution in [2.24, 2.45) is 17.8 Å². The average molecular weight is 419 g/mol. The van der Waals surface area contributed by atoms with Crippen molar-refractivity contribution in [3.8, 4) is 16.9 Å². The molecule has 2 aliphatic carbocycles. The predicted octanol–water partition coefficient (Wildman–Crippen LogP) is 9.02. The van der Waals surface area contributed by atoms with Crippen LogP contribution in [0.25, 0.3) is 11.1 Å². The van der Waals surface area contributed by atoms with Gasteiger partial charge in [0, 0.05) is 0 Å². The van der Waals surface area contributed by atoms with Gasteiger partial charge in [-0.1, -0.05) is 81.8 Å². The van der Waals surface area contributed by atoms with Gasteiger partial charge in [-0.15, -0.1) is 0 Å². The maximum atomic E-state index is 5.57. The van der Waals surface area contributed by atoms with Crippen LogP contribution >= 0.6 is 0 Å². The van der Waals surface area contributed by atoms with Crippen LogP contribution in [0, 0.1) is 17.8 Å². The van der Waals surface area contributed by atoms with Crippen molar-refractivity contribution in [1.82, 2.24) is 0 Å². The lowest BCUT2D eigenvalue weighted by atomic mass is 9.63. The van der Waals surface area contributed by atoms with E-state index in [-0.39, 0.29) is 0 Å². The van der Waals surface area contributed by atoms with Crippen molar-refractivity contribution < 1.29 is 4.74 Å². The molecule has 168 valence electrons. The molecule has 0 radical (unpaired) electrons. The summed E-state index contributed by atoms with van der Waals surface area (Å²) in [5, 5.41) is 0. The SMILES string of the molecule is CCCCCCC1CCC2CC(c3ccc(-c4ccc(OCC)cc4)cc3)CCC2C1. The number of hydrogen-bond donors (Lipinski definition) is 0. The van der Waals surface area contributed by atoms with Crippen LogP contribution in [0.1, 0.15) is 96.0 Å². The van der Waals surface area contributed by atoms with Crippen molar-refractivity contribution >= 4 is 0 Å². The van der Waals surface area contributed by atoms with Crippen molar-refractivity contribution in [2.75, 3.05) is 6.61 Å². The molecule has 2 aromatic carbocycles. The van der Waals surface area contributed by atoms with Gasteiger partial charge in [0.1, 0.15) is 5.75 Å². The second-order valence-electron chi connectivity index (χ2n) is 10.1. The van der Waals surface area contributed by atoms with Crippen LogP contribution in [0.15, 0.2) is 48.5 Å². The molecule has 4 atom stereocenters. The van der Waals surface area contributed by atoms with E-state index < -0.39 is 0 Å². The van der Waals surface area contributed by atoms with Gasteiger partial charge in [0.15, 0.2) is 0 Å². The summed E-state index contributed by atoms with van der Waals surface area (Å²) in [6.07, 6.45) is 16.0. The molecule has 2 aliphatic rings. The van der Waals surface area contributed by atoms with Crippen LogP contribution < -0.4 is 4.74 Å². The van der Waals surface area contributed by atoms with Crippen LogP contribution in [-0.2, 0) is 0 Å². The van der Waals surface area contributed by atoms with E-state index in [1.165, 1.54) is 81.8 Å². The van der Waals surface area contributed by atoms with E-state index in [4.69, 9.17) is 4.74 Å². The highest BCUT2D eigenvalue weighted by Gasteiger charge is 2.35. The molecule has 1 heteroatoms.